The van der Waals surface area contributed by atoms with E-state index in [-0.39, 0.29) is 5.91 Å². The van der Waals surface area contributed by atoms with E-state index in [1.807, 2.05) is 0 Å². The van der Waals surface area contributed by atoms with Gasteiger partial charge in [0.1, 0.15) is 0 Å². The lowest BCUT2D eigenvalue weighted by Crippen LogP contribution is -2.21. The predicted molar refractivity (Wildman–Crippen MR) is 34.4 cm³/mol. The third-order valence-corrected chi connectivity index (χ3v) is 1.04. The number of carbonyl (C=O) groups excluding carboxylic acids is 1. The molecule has 10 heavy (non-hydrogen) atoms. The number of carbonyl (C=O) groups is 1. The van der Waals surface area contributed by atoms with Gasteiger partial charge in [-0.15, -0.1) is 0 Å². The molecule has 0 aromatic carbocycles. The van der Waals surface area contributed by atoms with Crippen molar-refractivity contribution >= 4 is 5.91 Å². The number of aromatic nitrogens is 3. The van der Waals surface area contributed by atoms with Crippen molar-refractivity contribution < 1.29 is 4.79 Å². The summed E-state index contributed by atoms with van der Waals surface area (Å²) in [5.74, 6) is -0.145. The van der Waals surface area contributed by atoms with Gasteiger partial charge in [0.25, 0.3) is 5.91 Å². The summed E-state index contributed by atoms with van der Waals surface area (Å²) in [5.41, 5.74) is 0.338. The van der Waals surface area contributed by atoms with Crippen LogP contribution in [0.1, 0.15) is 10.5 Å². The molecule has 5 heteroatoms. The van der Waals surface area contributed by atoms with Gasteiger partial charge in [0.15, 0.2) is 5.69 Å². The Hall–Kier alpha value is -1.39. The zero-order valence-corrected chi connectivity index (χ0v) is 5.83. The topological polar surface area (TPSA) is 61.9 Å². The Labute approximate surface area is 58.0 Å². The van der Waals surface area contributed by atoms with Crippen molar-refractivity contribution in [3.63, 3.8) is 0 Å². The minimum Gasteiger partial charge on any atom is -0.343 e. The third kappa shape index (κ3) is 1.12. The summed E-state index contributed by atoms with van der Waals surface area (Å²) < 4.78 is 0. The van der Waals surface area contributed by atoms with Crippen LogP contribution >= 0.6 is 0 Å². The van der Waals surface area contributed by atoms with Crippen LogP contribution in [-0.2, 0) is 0 Å². The molecule has 0 bridgehead atoms. The van der Waals surface area contributed by atoms with E-state index in [9.17, 15) is 4.79 Å². The second-order valence-electron chi connectivity index (χ2n) is 2.05. The average Bonchev–Trinajstić information content (AvgIpc) is 2.36. The maximum absolute atomic E-state index is 11.0. The SMILES string of the molecule is CN(C)C(=O)c1cn[nH]n1. The minimum absolute atomic E-state index is 0.145. The number of nitrogens with one attached hydrogen (secondary N) is 1. The van der Waals surface area contributed by atoms with Crippen molar-refractivity contribution in [1.29, 1.82) is 0 Å². The van der Waals surface area contributed by atoms with Crippen LogP contribution in [0.15, 0.2) is 6.20 Å². The van der Waals surface area contributed by atoms with E-state index < -0.39 is 0 Å². The van der Waals surface area contributed by atoms with Crippen LogP contribution in [0.3, 0.4) is 0 Å². The zero-order valence-electron chi connectivity index (χ0n) is 5.83. The van der Waals surface area contributed by atoms with Gasteiger partial charge in [-0.3, -0.25) is 4.79 Å². The first-order valence-corrected chi connectivity index (χ1v) is 2.79. The molecule has 0 aliphatic heterocycles. The fraction of sp³-hybridized carbons (Fsp3) is 0.400. The van der Waals surface area contributed by atoms with Crippen molar-refractivity contribution in [2.45, 2.75) is 0 Å². The molecule has 0 unspecified atom stereocenters. The molecule has 0 atom stereocenters. The van der Waals surface area contributed by atoms with Gasteiger partial charge in [0.05, 0.1) is 6.20 Å². The number of amides is 1. The molecule has 54 valence electrons. The summed E-state index contributed by atoms with van der Waals surface area (Å²) in [6, 6.07) is 0. The van der Waals surface area contributed by atoms with Crippen LogP contribution < -0.4 is 0 Å². The number of rotatable bonds is 1. The van der Waals surface area contributed by atoms with Gasteiger partial charge in [-0.1, -0.05) is 0 Å². The van der Waals surface area contributed by atoms with Gasteiger partial charge in [0, 0.05) is 14.1 Å². The summed E-state index contributed by atoms with van der Waals surface area (Å²) in [5, 5.41) is 9.47. The fourth-order valence-electron chi connectivity index (χ4n) is 0.534. The van der Waals surface area contributed by atoms with Crippen LogP contribution in [-0.4, -0.2) is 40.3 Å². The second kappa shape index (κ2) is 2.47. The lowest BCUT2D eigenvalue weighted by Gasteiger charge is -2.05. The first-order valence-electron chi connectivity index (χ1n) is 2.79. The molecule has 1 rings (SSSR count). The molecular formula is C5H8N4O. The maximum Gasteiger partial charge on any atom is 0.275 e. The molecule has 0 radical (unpaired) electrons. The molecule has 1 amide bonds. The van der Waals surface area contributed by atoms with Crippen LogP contribution in [0.5, 0.6) is 0 Å². The van der Waals surface area contributed by atoms with Crippen molar-refractivity contribution in [1.82, 2.24) is 20.3 Å². The lowest BCUT2D eigenvalue weighted by molar-refractivity contribution is 0.0822. The highest BCUT2D eigenvalue weighted by atomic mass is 16.2. The van der Waals surface area contributed by atoms with Gasteiger partial charge >= 0.3 is 0 Å². The maximum atomic E-state index is 11.0. The largest absolute Gasteiger partial charge is 0.343 e. The molecule has 5 nitrogen and oxygen atoms in total. The molecule has 0 saturated carbocycles. The highest BCUT2D eigenvalue weighted by Crippen LogP contribution is 1.92. The standard InChI is InChI=1S/C5H8N4O/c1-9(2)5(10)4-3-6-8-7-4/h3H,1-2H3,(H,6,7,8). The third-order valence-electron chi connectivity index (χ3n) is 1.04. The van der Waals surface area contributed by atoms with E-state index in [0.29, 0.717) is 5.69 Å². The van der Waals surface area contributed by atoms with Crippen LogP contribution in [0.25, 0.3) is 0 Å². The summed E-state index contributed by atoms with van der Waals surface area (Å²) >= 11 is 0. The molecule has 1 aromatic rings. The van der Waals surface area contributed by atoms with E-state index in [1.165, 1.54) is 11.1 Å². The van der Waals surface area contributed by atoms with Crippen LogP contribution in [0, 0.1) is 0 Å². The van der Waals surface area contributed by atoms with Gasteiger partial charge in [-0.25, -0.2) is 0 Å². The monoisotopic (exact) mass is 140 g/mol. The van der Waals surface area contributed by atoms with Gasteiger partial charge in [0.2, 0.25) is 0 Å². The molecular weight excluding hydrogens is 132 g/mol. The molecule has 1 N–H and O–H groups in total. The molecule has 0 fully saturated rings. The van der Waals surface area contributed by atoms with E-state index in [4.69, 9.17) is 0 Å². The average molecular weight is 140 g/mol. The number of H-pyrrole nitrogens is 1. The zero-order chi connectivity index (χ0) is 7.56. The first kappa shape index (κ1) is 6.73. The Balaban J connectivity index is 2.78. The van der Waals surface area contributed by atoms with Crippen molar-refractivity contribution in [2.75, 3.05) is 14.1 Å². The van der Waals surface area contributed by atoms with Crippen molar-refractivity contribution in [2.24, 2.45) is 0 Å². The van der Waals surface area contributed by atoms with Gasteiger partial charge in [-0.05, 0) is 0 Å². The smallest absolute Gasteiger partial charge is 0.275 e. The lowest BCUT2D eigenvalue weighted by atomic mass is 10.4. The highest BCUT2D eigenvalue weighted by molar-refractivity contribution is 5.91. The van der Waals surface area contributed by atoms with Crippen molar-refractivity contribution in [3.05, 3.63) is 11.9 Å². The number of nitrogens with zero attached hydrogens (tertiary/aromatic N) is 3. The Morgan fingerprint density at radius 3 is 2.80 bits per heavy atom. The molecule has 0 aliphatic rings. The van der Waals surface area contributed by atoms with Gasteiger partial charge < -0.3 is 4.90 Å². The second-order valence-corrected chi connectivity index (χ2v) is 2.05. The number of hydrogen-bond acceptors (Lipinski definition) is 3. The van der Waals surface area contributed by atoms with Crippen LogP contribution in [0.2, 0.25) is 0 Å². The van der Waals surface area contributed by atoms with Crippen LogP contribution in [0.4, 0.5) is 0 Å². The first-order chi connectivity index (χ1) is 4.72. The summed E-state index contributed by atoms with van der Waals surface area (Å²) in [4.78, 5) is 12.5. The summed E-state index contributed by atoms with van der Waals surface area (Å²) in [6.07, 6.45) is 1.39. The highest BCUT2D eigenvalue weighted by Gasteiger charge is 2.09. The number of aromatic amines is 1. The predicted octanol–water partition coefficient (Wildman–Crippen LogP) is -0.494. The van der Waals surface area contributed by atoms with E-state index in [2.05, 4.69) is 15.4 Å². The Kier molecular flexibility index (Phi) is 1.66. The summed E-state index contributed by atoms with van der Waals surface area (Å²) in [6.45, 7) is 0. The molecule has 0 saturated heterocycles. The molecule has 0 aliphatic carbocycles. The minimum atomic E-state index is -0.145. The Bertz CT molecular complexity index is 216. The molecule has 0 spiro atoms. The quantitative estimate of drug-likeness (QED) is 0.572. The van der Waals surface area contributed by atoms with E-state index in [1.54, 1.807) is 14.1 Å². The fourth-order valence-corrected chi connectivity index (χ4v) is 0.534. The Morgan fingerprint density at radius 1 is 1.70 bits per heavy atom. The molecule has 1 heterocycles. The van der Waals surface area contributed by atoms with E-state index >= 15 is 0 Å². The van der Waals surface area contributed by atoms with Crippen molar-refractivity contribution in [3.8, 4) is 0 Å². The molecule has 1 aromatic heterocycles. The van der Waals surface area contributed by atoms with Gasteiger partial charge in [-0.2, -0.15) is 15.4 Å². The summed E-state index contributed by atoms with van der Waals surface area (Å²) in [7, 11) is 3.33. The number of hydrogen-bond donors (Lipinski definition) is 1. The van der Waals surface area contributed by atoms with E-state index in [0.717, 1.165) is 0 Å². The normalized spacial score (nSPS) is 9.40. The Morgan fingerprint density at radius 2 is 2.40 bits per heavy atom.